The fraction of sp³-hybridized carbons (Fsp3) is 0.182. The summed E-state index contributed by atoms with van der Waals surface area (Å²) in [4.78, 5) is 32.8. The van der Waals surface area contributed by atoms with E-state index in [1.807, 2.05) is 36.4 Å². The van der Waals surface area contributed by atoms with Crippen molar-refractivity contribution in [3.05, 3.63) is 89.5 Å². The number of carbonyl (C=O) groups excluding carboxylic acids is 2. The van der Waals surface area contributed by atoms with Gasteiger partial charge in [-0.25, -0.2) is 4.98 Å². The average Bonchev–Trinajstić information content (AvgIpc) is 2.78. The minimum atomic E-state index is -0.338. The van der Waals surface area contributed by atoms with Crippen LogP contribution in [0.5, 0.6) is 5.75 Å². The van der Waals surface area contributed by atoms with E-state index in [4.69, 9.17) is 4.74 Å². The maximum absolute atomic E-state index is 12.4. The van der Waals surface area contributed by atoms with Gasteiger partial charge in [0.15, 0.2) is 0 Å². The van der Waals surface area contributed by atoms with E-state index >= 15 is 0 Å². The monoisotopic (exact) mass is 390 g/mol. The van der Waals surface area contributed by atoms with Crippen LogP contribution in [-0.2, 0) is 13.0 Å². The topological polar surface area (TPSA) is 93.2 Å². The van der Waals surface area contributed by atoms with Crippen LogP contribution in [0, 0.1) is 0 Å². The molecule has 0 saturated heterocycles. The van der Waals surface area contributed by atoms with Gasteiger partial charge in [-0.05, 0) is 53.9 Å². The lowest BCUT2D eigenvalue weighted by atomic mass is 10.1. The van der Waals surface area contributed by atoms with Crippen LogP contribution in [0.4, 0.5) is 0 Å². The third kappa shape index (κ3) is 5.87. The number of methoxy groups -OCH3 is 1. The molecule has 3 rings (SSSR count). The zero-order valence-corrected chi connectivity index (χ0v) is 16.1. The van der Waals surface area contributed by atoms with Crippen LogP contribution in [0.25, 0.3) is 0 Å². The van der Waals surface area contributed by atoms with E-state index in [9.17, 15) is 9.59 Å². The summed E-state index contributed by atoms with van der Waals surface area (Å²) in [5.41, 5.74) is 2.42. The summed E-state index contributed by atoms with van der Waals surface area (Å²) >= 11 is 0. The molecule has 3 aromatic rings. The van der Waals surface area contributed by atoms with Gasteiger partial charge in [0.1, 0.15) is 17.1 Å². The van der Waals surface area contributed by atoms with Crippen molar-refractivity contribution in [1.82, 2.24) is 20.6 Å². The number of rotatable bonds is 8. The number of amides is 2. The van der Waals surface area contributed by atoms with E-state index in [1.54, 1.807) is 37.7 Å². The first kappa shape index (κ1) is 20.0. The Balaban J connectivity index is 1.52. The van der Waals surface area contributed by atoms with E-state index < -0.39 is 0 Å². The highest BCUT2D eigenvalue weighted by Crippen LogP contribution is 2.11. The smallest absolute Gasteiger partial charge is 0.270 e. The van der Waals surface area contributed by atoms with E-state index in [-0.39, 0.29) is 23.2 Å². The second kappa shape index (κ2) is 9.98. The Kier molecular flexibility index (Phi) is 6.89. The van der Waals surface area contributed by atoms with Crippen LogP contribution in [0.3, 0.4) is 0 Å². The number of benzene rings is 1. The predicted octanol–water partition coefficient (Wildman–Crippen LogP) is 2.39. The molecule has 0 saturated carbocycles. The van der Waals surface area contributed by atoms with Crippen LogP contribution in [0.15, 0.2) is 67.0 Å². The highest BCUT2D eigenvalue weighted by molar-refractivity contribution is 5.96. The third-order valence-corrected chi connectivity index (χ3v) is 4.28. The Hall–Kier alpha value is -3.74. The van der Waals surface area contributed by atoms with Gasteiger partial charge in [0.05, 0.1) is 7.11 Å². The van der Waals surface area contributed by atoms with E-state index in [1.165, 1.54) is 0 Å². The quantitative estimate of drug-likeness (QED) is 0.616. The maximum atomic E-state index is 12.4. The van der Waals surface area contributed by atoms with Crippen molar-refractivity contribution in [3.63, 3.8) is 0 Å². The third-order valence-electron chi connectivity index (χ3n) is 4.28. The standard InChI is InChI=1S/C22H22N4O3/c1-29-18-7-5-16(6-8-18)11-14-24-21(27)19-3-2-4-20(26-19)22(28)25-15-17-9-12-23-13-10-17/h2-10,12-13H,11,14-15H2,1H3,(H,24,27)(H,25,28). The number of hydrogen-bond acceptors (Lipinski definition) is 5. The number of pyridine rings is 2. The minimum absolute atomic E-state index is 0.196. The number of hydrogen-bond donors (Lipinski definition) is 2. The SMILES string of the molecule is COc1ccc(CCNC(=O)c2cccc(C(=O)NCc3ccncc3)n2)cc1. The van der Waals surface area contributed by atoms with Gasteiger partial charge in [-0.2, -0.15) is 0 Å². The predicted molar refractivity (Wildman–Crippen MR) is 109 cm³/mol. The second-order valence-corrected chi connectivity index (χ2v) is 6.30. The molecule has 7 heteroatoms. The van der Waals surface area contributed by atoms with Gasteiger partial charge < -0.3 is 15.4 Å². The van der Waals surface area contributed by atoms with E-state index in [0.717, 1.165) is 16.9 Å². The summed E-state index contributed by atoms with van der Waals surface area (Å²) in [5.74, 6) is 0.137. The van der Waals surface area contributed by atoms with Crippen LogP contribution in [0.2, 0.25) is 0 Å². The van der Waals surface area contributed by atoms with E-state index in [2.05, 4.69) is 20.6 Å². The van der Waals surface area contributed by atoms with Crippen molar-refractivity contribution >= 4 is 11.8 Å². The first-order chi connectivity index (χ1) is 14.2. The highest BCUT2D eigenvalue weighted by atomic mass is 16.5. The van der Waals surface area contributed by atoms with Gasteiger partial charge in [-0.3, -0.25) is 14.6 Å². The zero-order chi connectivity index (χ0) is 20.5. The molecule has 29 heavy (non-hydrogen) atoms. The van der Waals surface area contributed by atoms with E-state index in [0.29, 0.717) is 19.5 Å². The summed E-state index contributed by atoms with van der Waals surface area (Å²) in [5, 5.41) is 5.61. The molecule has 1 aromatic carbocycles. The van der Waals surface area contributed by atoms with Crippen LogP contribution < -0.4 is 15.4 Å². The summed E-state index contributed by atoms with van der Waals surface area (Å²) in [6.07, 6.45) is 4.01. The maximum Gasteiger partial charge on any atom is 0.270 e. The molecule has 0 unspecified atom stereocenters. The lowest BCUT2D eigenvalue weighted by Crippen LogP contribution is -2.28. The van der Waals surface area contributed by atoms with Gasteiger partial charge in [0.2, 0.25) is 0 Å². The molecule has 0 radical (unpaired) electrons. The van der Waals surface area contributed by atoms with Crippen molar-refractivity contribution in [1.29, 1.82) is 0 Å². The van der Waals surface area contributed by atoms with Crippen molar-refractivity contribution < 1.29 is 14.3 Å². The second-order valence-electron chi connectivity index (χ2n) is 6.30. The molecule has 0 atom stereocenters. The molecule has 0 bridgehead atoms. The lowest BCUT2D eigenvalue weighted by Gasteiger charge is -2.08. The van der Waals surface area contributed by atoms with Crippen molar-refractivity contribution in [3.8, 4) is 5.75 Å². The van der Waals surface area contributed by atoms with Crippen LogP contribution >= 0.6 is 0 Å². The molecule has 2 N–H and O–H groups in total. The first-order valence-electron chi connectivity index (χ1n) is 9.21. The molecule has 7 nitrogen and oxygen atoms in total. The Morgan fingerprint density at radius 2 is 1.52 bits per heavy atom. The molecule has 0 spiro atoms. The van der Waals surface area contributed by atoms with Crippen LogP contribution in [0.1, 0.15) is 32.1 Å². The number of nitrogens with one attached hydrogen (secondary N) is 2. The number of ether oxygens (including phenoxy) is 1. The summed E-state index contributed by atoms with van der Waals surface area (Å²) < 4.78 is 5.13. The fourth-order valence-electron chi connectivity index (χ4n) is 2.66. The van der Waals surface area contributed by atoms with Crippen molar-refractivity contribution in [2.24, 2.45) is 0 Å². The summed E-state index contributed by atoms with van der Waals surface area (Å²) in [6.45, 7) is 0.826. The summed E-state index contributed by atoms with van der Waals surface area (Å²) in [6, 6.07) is 16.1. The average molecular weight is 390 g/mol. The summed E-state index contributed by atoms with van der Waals surface area (Å²) in [7, 11) is 1.62. The molecule has 148 valence electrons. The normalized spacial score (nSPS) is 10.2. The Labute approximate surface area is 169 Å². The van der Waals surface area contributed by atoms with Gasteiger partial charge in [0, 0.05) is 25.5 Å². The van der Waals surface area contributed by atoms with Gasteiger partial charge in [0.25, 0.3) is 11.8 Å². The fourth-order valence-corrected chi connectivity index (χ4v) is 2.66. The van der Waals surface area contributed by atoms with Crippen molar-refractivity contribution in [2.75, 3.05) is 13.7 Å². The molecule has 0 aliphatic heterocycles. The van der Waals surface area contributed by atoms with Crippen LogP contribution in [-0.4, -0.2) is 35.4 Å². The zero-order valence-electron chi connectivity index (χ0n) is 16.1. The Bertz CT molecular complexity index is 959. The molecule has 2 heterocycles. The Morgan fingerprint density at radius 3 is 2.17 bits per heavy atom. The largest absolute Gasteiger partial charge is 0.497 e. The van der Waals surface area contributed by atoms with Gasteiger partial charge >= 0.3 is 0 Å². The molecule has 0 aliphatic rings. The highest BCUT2D eigenvalue weighted by Gasteiger charge is 2.12. The molecule has 0 aliphatic carbocycles. The van der Waals surface area contributed by atoms with Gasteiger partial charge in [-0.1, -0.05) is 18.2 Å². The molecule has 2 aromatic heterocycles. The first-order valence-corrected chi connectivity index (χ1v) is 9.21. The van der Waals surface area contributed by atoms with Crippen molar-refractivity contribution in [2.45, 2.75) is 13.0 Å². The molecular formula is C22H22N4O3. The number of carbonyl (C=O) groups is 2. The molecule has 2 amide bonds. The molecule has 0 fully saturated rings. The number of aromatic nitrogens is 2. The minimum Gasteiger partial charge on any atom is -0.497 e. The lowest BCUT2D eigenvalue weighted by molar-refractivity contribution is 0.0943. The molecular weight excluding hydrogens is 368 g/mol. The van der Waals surface area contributed by atoms with Gasteiger partial charge in [-0.15, -0.1) is 0 Å². The Morgan fingerprint density at radius 1 is 0.862 bits per heavy atom. The number of nitrogens with zero attached hydrogens (tertiary/aromatic N) is 2.